The number of aliphatic imine (C=N–C) groups is 1. The summed E-state index contributed by atoms with van der Waals surface area (Å²) in [6.45, 7) is 6.03. The van der Waals surface area contributed by atoms with Gasteiger partial charge in [-0.3, -0.25) is 19.8 Å². The Morgan fingerprint density at radius 2 is 1.72 bits per heavy atom. The van der Waals surface area contributed by atoms with E-state index in [1.54, 1.807) is 42.5 Å². The van der Waals surface area contributed by atoms with E-state index < -0.39 is 17.3 Å². The number of hydrazine groups is 1. The van der Waals surface area contributed by atoms with Gasteiger partial charge in [-0.2, -0.15) is 0 Å². The predicted octanol–water partition coefficient (Wildman–Crippen LogP) is 9.53. The first-order valence-electron chi connectivity index (χ1n) is 15.7. The van der Waals surface area contributed by atoms with Gasteiger partial charge >= 0.3 is 0 Å². The maximum atomic E-state index is 14.2. The van der Waals surface area contributed by atoms with E-state index in [1.807, 2.05) is 19.1 Å². The number of hydrogen-bond donors (Lipinski definition) is 3. The topological polar surface area (TPSA) is 112 Å². The van der Waals surface area contributed by atoms with Gasteiger partial charge in [0.25, 0.3) is 11.8 Å². The van der Waals surface area contributed by atoms with Crippen molar-refractivity contribution in [3.8, 4) is 5.75 Å². The highest BCUT2D eigenvalue weighted by atomic mass is 35.5. The smallest absolute Gasteiger partial charge is 0.267 e. The molecule has 5 rings (SSSR count). The predicted molar refractivity (Wildman–Crippen MR) is 205 cm³/mol. The fourth-order valence-corrected chi connectivity index (χ4v) is 7.41. The van der Waals surface area contributed by atoms with Crippen molar-refractivity contribution >= 4 is 105 Å². The van der Waals surface area contributed by atoms with Crippen LogP contribution >= 0.6 is 58.2 Å². The molecule has 0 saturated carbocycles. The van der Waals surface area contributed by atoms with Crippen molar-refractivity contribution < 1.29 is 19.1 Å². The van der Waals surface area contributed by atoms with Gasteiger partial charge in [-0.1, -0.05) is 91.4 Å². The number of anilines is 3. The maximum absolute atomic E-state index is 14.2. The van der Waals surface area contributed by atoms with E-state index in [4.69, 9.17) is 56.1 Å². The number of nitrogens with one attached hydrogen (secondary N) is 3. The molecule has 3 N–H and O–H groups in total. The minimum Gasteiger partial charge on any atom is -0.480 e. The quantitative estimate of drug-likeness (QED) is 0.117. The Bertz CT molecular complexity index is 1940. The van der Waals surface area contributed by atoms with Crippen molar-refractivity contribution in [3.63, 3.8) is 0 Å². The molecule has 2 atom stereocenters. The van der Waals surface area contributed by atoms with Gasteiger partial charge in [0.05, 0.1) is 26.4 Å². The first kappa shape index (κ1) is 37.3. The van der Waals surface area contributed by atoms with E-state index in [1.165, 1.54) is 22.7 Å². The van der Waals surface area contributed by atoms with E-state index >= 15 is 0 Å². The summed E-state index contributed by atoms with van der Waals surface area (Å²) < 4.78 is 6.24. The van der Waals surface area contributed by atoms with Crippen LogP contribution in [0.1, 0.15) is 38.3 Å². The van der Waals surface area contributed by atoms with E-state index in [0.29, 0.717) is 39.9 Å². The molecule has 1 fully saturated rings. The third-order valence-corrected chi connectivity index (χ3v) is 10.2. The lowest BCUT2D eigenvalue weighted by molar-refractivity contribution is -0.123. The lowest BCUT2D eigenvalue weighted by Gasteiger charge is -2.21. The number of nitrogens with zero attached hydrogens (tertiary/aromatic N) is 2. The molecule has 0 aliphatic carbocycles. The zero-order valence-electron chi connectivity index (χ0n) is 27.2. The van der Waals surface area contributed by atoms with E-state index in [9.17, 15) is 14.4 Å². The Kier molecular flexibility index (Phi) is 12.6. The summed E-state index contributed by atoms with van der Waals surface area (Å²) in [6, 6.07) is 20.9. The summed E-state index contributed by atoms with van der Waals surface area (Å²) in [5.74, 6) is 0.0885. The number of benzene rings is 4. The molecule has 1 heterocycles. The highest BCUT2D eigenvalue weighted by Gasteiger charge is 2.41. The molecule has 0 radical (unpaired) electrons. The summed E-state index contributed by atoms with van der Waals surface area (Å²) in [7, 11) is 0. The average molecular weight is 774 g/mol. The monoisotopic (exact) mass is 771 g/mol. The highest BCUT2D eigenvalue weighted by molar-refractivity contribution is 8.01. The molecule has 260 valence electrons. The number of thioether (sulfide) groups is 1. The molecule has 0 bridgehead atoms. The second kappa shape index (κ2) is 16.9. The van der Waals surface area contributed by atoms with Crippen LogP contribution in [0.15, 0.2) is 82.7 Å². The van der Waals surface area contributed by atoms with E-state index in [0.717, 1.165) is 30.2 Å². The SMILES string of the molecule is CCc1ccc(OC(CC)C(=O)Nc2ccccc2SC2C(=O)N(c3c(Cl)cc(Cl)cc3Cl)NC2=Nc2cc(NC=O)ccc2Cl)c(CC)c1. The van der Waals surface area contributed by atoms with Crippen LogP contribution < -0.4 is 25.8 Å². The summed E-state index contributed by atoms with van der Waals surface area (Å²) in [4.78, 5) is 44.2. The minimum atomic E-state index is -0.975. The van der Waals surface area contributed by atoms with Gasteiger partial charge in [0.1, 0.15) is 22.5 Å². The summed E-state index contributed by atoms with van der Waals surface area (Å²) in [5, 5.41) is 6.65. The van der Waals surface area contributed by atoms with Crippen molar-refractivity contribution in [3.05, 3.63) is 104 Å². The highest BCUT2D eigenvalue weighted by Crippen LogP contribution is 2.41. The van der Waals surface area contributed by atoms with Crippen LogP contribution in [0.5, 0.6) is 5.75 Å². The van der Waals surface area contributed by atoms with Crippen molar-refractivity contribution in [1.82, 2.24) is 5.43 Å². The Balaban J connectivity index is 1.47. The van der Waals surface area contributed by atoms with E-state index in [2.05, 4.69) is 36.0 Å². The number of carbonyl (C=O) groups excluding carboxylic acids is 3. The van der Waals surface area contributed by atoms with Crippen LogP contribution in [0, 0.1) is 0 Å². The van der Waals surface area contributed by atoms with Gasteiger partial charge < -0.3 is 15.4 Å². The summed E-state index contributed by atoms with van der Waals surface area (Å²) in [6.07, 6.45) is 1.86. The Hall–Kier alpha value is -3.93. The van der Waals surface area contributed by atoms with Gasteiger partial charge in [0.2, 0.25) is 6.41 Å². The van der Waals surface area contributed by atoms with Crippen LogP contribution in [0.2, 0.25) is 20.1 Å². The number of hydrogen-bond acceptors (Lipinski definition) is 6. The maximum Gasteiger partial charge on any atom is 0.267 e. The molecule has 3 amide bonds. The first-order valence-corrected chi connectivity index (χ1v) is 18.1. The molecular weight excluding hydrogens is 740 g/mol. The molecule has 1 aliphatic heterocycles. The molecule has 9 nitrogen and oxygen atoms in total. The number of rotatable bonds is 13. The third kappa shape index (κ3) is 8.50. The Morgan fingerprint density at radius 3 is 2.40 bits per heavy atom. The number of carbonyl (C=O) groups is 3. The molecule has 2 unspecified atom stereocenters. The van der Waals surface area contributed by atoms with Crippen molar-refractivity contribution in [2.24, 2.45) is 4.99 Å². The second-order valence-electron chi connectivity index (χ2n) is 11.1. The van der Waals surface area contributed by atoms with Crippen LogP contribution in [0.4, 0.5) is 22.7 Å². The molecule has 0 spiro atoms. The lowest BCUT2D eigenvalue weighted by Crippen LogP contribution is -2.36. The molecule has 1 saturated heterocycles. The van der Waals surface area contributed by atoms with Crippen molar-refractivity contribution in [1.29, 1.82) is 0 Å². The van der Waals surface area contributed by atoms with Crippen molar-refractivity contribution in [2.75, 3.05) is 15.6 Å². The minimum absolute atomic E-state index is 0.136. The second-order valence-corrected chi connectivity index (χ2v) is 13.9. The fraction of sp³-hybridized carbons (Fsp3) is 0.222. The van der Waals surface area contributed by atoms with Gasteiger partial charge in [0.15, 0.2) is 6.10 Å². The molecular formula is C36H33Cl4N5O4S. The third-order valence-electron chi connectivity index (χ3n) is 7.77. The van der Waals surface area contributed by atoms with Crippen LogP contribution in [-0.4, -0.2) is 35.4 Å². The zero-order valence-corrected chi connectivity index (χ0v) is 31.1. The number of amidine groups is 1. The molecule has 14 heteroatoms. The van der Waals surface area contributed by atoms with Crippen molar-refractivity contribution in [2.45, 2.75) is 56.3 Å². The lowest BCUT2D eigenvalue weighted by atomic mass is 10.1. The number of amides is 3. The number of halogens is 4. The van der Waals surface area contributed by atoms with Crippen LogP contribution in [0.25, 0.3) is 0 Å². The molecule has 4 aromatic rings. The molecule has 4 aromatic carbocycles. The summed E-state index contributed by atoms with van der Waals surface area (Å²) in [5.41, 5.74) is 6.66. The average Bonchev–Trinajstić information content (AvgIpc) is 3.38. The molecule has 1 aliphatic rings. The van der Waals surface area contributed by atoms with Gasteiger partial charge in [-0.15, -0.1) is 11.8 Å². The van der Waals surface area contributed by atoms with Gasteiger partial charge in [0, 0.05) is 15.6 Å². The Labute approximate surface area is 314 Å². The largest absolute Gasteiger partial charge is 0.480 e. The molecule has 50 heavy (non-hydrogen) atoms. The van der Waals surface area contributed by atoms with Gasteiger partial charge in [-0.25, -0.2) is 10.0 Å². The normalized spacial score (nSPS) is 15.5. The van der Waals surface area contributed by atoms with Crippen LogP contribution in [-0.2, 0) is 27.2 Å². The Morgan fingerprint density at radius 1 is 0.980 bits per heavy atom. The standard InChI is InChI=1S/C36H33Cl4N5O4S/c1-4-20-11-14-30(21(5-2)15-20)49-29(6-3)35(47)43-27-9-7-8-10-31(27)50-33-34(42-28-18-23(41-19-46)12-13-24(28)38)44-45(36(33)48)32-25(39)16-22(37)17-26(32)40/h7-19,29,33H,4-6H2,1-3H3,(H,41,46)(H,42,44)(H,43,47). The van der Waals surface area contributed by atoms with E-state index in [-0.39, 0.29) is 38.2 Å². The number of para-hydroxylation sites is 1. The molecule has 0 aromatic heterocycles. The fourth-order valence-electron chi connectivity index (χ4n) is 5.18. The number of aryl methyl sites for hydroxylation is 2. The van der Waals surface area contributed by atoms with Crippen LogP contribution in [0.3, 0.4) is 0 Å². The first-order chi connectivity index (χ1) is 24.1. The zero-order chi connectivity index (χ0) is 35.9. The summed E-state index contributed by atoms with van der Waals surface area (Å²) >= 11 is 26.8. The van der Waals surface area contributed by atoms with Gasteiger partial charge in [-0.05, 0) is 78.9 Å². The number of ether oxygens (including phenoxy) is 1.